The Kier molecular flexibility index (Phi) is 4.87. The van der Waals surface area contributed by atoms with E-state index in [1.54, 1.807) is 12.4 Å². The number of nitrogens with zero attached hydrogens (tertiary/aromatic N) is 3. The second-order valence-electron chi connectivity index (χ2n) is 6.77. The van der Waals surface area contributed by atoms with Gasteiger partial charge in [0.25, 0.3) is 0 Å². The molecular weight excluding hydrogens is 344 g/mol. The summed E-state index contributed by atoms with van der Waals surface area (Å²) in [7, 11) is -0.173. The van der Waals surface area contributed by atoms with E-state index < -0.39 is 0 Å². The lowest BCUT2D eigenvalue weighted by Crippen LogP contribution is -2.21. The molecule has 0 aliphatic heterocycles. The Hall–Kier alpha value is -2.05. The van der Waals surface area contributed by atoms with Crippen molar-refractivity contribution in [2.45, 2.75) is 57.4 Å². The summed E-state index contributed by atoms with van der Waals surface area (Å²) in [6.45, 7) is 6.06. The summed E-state index contributed by atoms with van der Waals surface area (Å²) >= 11 is 0. The normalized spacial score (nSPS) is 16.6. The molecule has 0 amide bonds. The second kappa shape index (κ2) is 7.29. The van der Waals surface area contributed by atoms with Crippen molar-refractivity contribution < 1.29 is 4.52 Å². The predicted octanol–water partition coefficient (Wildman–Crippen LogP) is 4.80. The third-order valence-corrected chi connectivity index (χ3v) is 6.83. The van der Waals surface area contributed by atoms with Crippen LogP contribution in [0.5, 0.6) is 0 Å². The van der Waals surface area contributed by atoms with Crippen LogP contribution in [0.15, 0.2) is 33.9 Å². The maximum absolute atomic E-state index is 5.39. The molecule has 0 radical (unpaired) electrons. The van der Waals surface area contributed by atoms with E-state index in [1.807, 2.05) is 13.8 Å². The molecular formula is C20H24N4OS. The van der Waals surface area contributed by atoms with Crippen LogP contribution < -0.4 is 4.72 Å². The summed E-state index contributed by atoms with van der Waals surface area (Å²) in [5.41, 5.74) is 4.93. The van der Waals surface area contributed by atoms with Crippen LogP contribution >= 0.6 is 10.7 Å². The second-order valence-corrected chi connectivity index (χ2v) is 8.59. The lowest BCUT2D eigenvalue weighted by atomic mass is 10.0. The Balaban J connectivity index is 1.87. The van der Waals surface area contributed by atoms with Gasteiger partial charge in [-0.3, -0.25) is 14.7 Å². The van der Waals surface area contributed by atoms with E-state index in [4.69, 9.17) is 4.52 Å². The van der Waals surface area contributed by atoms with Crippen molar-refractivity contribution in [3.05, 3.63) is 36.0 Å². The zero-order valence-corrected chi connectivity index (χ0v) is 16.3. The third kappa shape index (κ3) is 3.19. The summed E-state index contributed by atoms with van der Waals surface area (Å²) < 4.78 is 9.23. The number of hydrogen-bond acceptors (Lipinski definition) is 5. The molecule has 4 rings (SSSR count). The van der Waals surface area contributed by atoms with Gasteiger partial charge in [0.2, 0.25) is 0 Å². The highest BCUT2D eigenvalue weighted by molar-refractivity contribution is 8.13. The Bertz CT molecular complexity index is 954. The van der Waals surface area contributed by atoms with Gasteiger partial charge in [-0.15, -0.1) is 0 Å². The average molecular weight is 369 g/mol. The fourth-order valence-corrected chi connectivity index (χ4v) is 5.46. The maximum atomic E-state index is 5.39. The minimum atomic E-state index is -0.173. The molecule has 0 bridgehead atoms. The van der Waals surface area contributed by atoms with Crippen LogP contribution in [0.2, 0.25) is 0 Å². The zero-order valence-electron chi connectivity index (χ0n) is 15.5. The maximum Gasteiger partial charge on any atom is 0.141 e. The summed E-state index contributed by atoms with van der Waals surface area (Å²) in [5, 5.41) is 6.37. The highest BCUT2D eigenvalue weighted by Crippen LogP contribution is 2.37. The van der Waals surface area contributed by atoms with Gasteiger partial charge in [0, 0.05) is 28.9 Å². The first kappa shape index (κ1) is 17.4. The molecule has 1 aliphatic rings. The molecule has 2 aromatic heterocycles. The van der Waals surface area contributed by atoms with E-state index >= 15 is 0 Å². The Morgan fingerprint density at radius 3 is 2.62 bits per heavy atom. The van der Waals surface area contributed by atoms with Crippen molar-refractivity contribution in [3.63, 3.8) is 0 Å². The summed E-state index contributed by atoms with van der Waals surface area (Å²) in [6.07, 6.45) is 8.67. The van der Waals surface area contributed by atoms with E-state index in [1.165, 1.54) is 30.6 Å². The number of aromatic nitrogens is 3. The van der Waals surface area contributed by atoms with Crippen LogP contribution in [0.4, 0.5) is 0 Å². The number of nitrogens with one attached hydrogen (secondary N) is 1. The van der Waals surface area contributed by atoms with Crippen LogP contribution in [0, 0.1) is 13.8 Å². The van der Waals surface area contributed by atoms with Gasteiger partial charge in [0.15, 0.2) is 0 Å². The fourth-order valence-electron chi connectivity index (χ4n) is 3.73. The first-order valence-electron chi connectivity index (χ1n) is 9.14. The molecule has 1 fully saturated rings. The summed E-state index contributed by atoms with van der Waals surface area (Å²) in [6, 6.07) is 4.91. The number of hydrogen-bond donors (Lipinski definition) is 1. The predicted molar refractivity (Wildman–Crippen MR) is 107 cm³/mol. The number of aryl methyl sites for hydroxylation is 2. The molecule has 0 spiro atoms. The van der Waals surface area contributed by atoms with E-state index in [0.717, 1.165) is 33.6 Å². The highest BCUT2D eigenvalue weighted by Gasteiger charge is 2.19. The Labute approximate surface area is 156 Å². The van der Waals surface area contributed by atoms with E-state index in [9.17, 15) is 0 Å². The van der Waals surface area contributed by atoms with Crippen molar-refractivity contribution in [1.82, 2.24) is 19.8 Å². The highest BCUT2D eigenvalue weighted by atomic mass is 32.2. The lowest BCUT2D eigenvalue weighted by molar-refractivity contribution is 0.393. The van der Waals surface area contributed by atoms with Crippen molar-refractivity contribution in [2.24, 2.45) is 0 Å². The minimum absolute atomic E-state index is 0.173. The number of fused-ring (bicyclic) bond motifs is 1. The molecule has 1 aromatic carbocycles. The molecule has 2 heterocycles. The molecule has 1 saturated carbocycles. The standard InChI is InChI=1S/C20H24N4OS/c1-4-26(24-16-7-5-6-8-16)18-12-15(19-13(2)23-25-14(19)3)11-17-20(18)22-10-9-21-17/h4,9-12,16,24H,5-8H2,1-3H3. The molecule has 5 nitrogen and oxygen atoms in total. The third-order valence-electron chi connectivity index (χ3n) is 4.98. The van der Waals surface area contributed by atoms with Crippen LogP contribution in [0.25, 0.3) is 22.2 Å². The smallest absolute Gasteiger partial charge is 0.141 e. The van der Waals surface area contributed by atoms with Gasteiger partial charge in [0.05, 0.1) is 11.2 Å². The summed E-state index contributed by atoms with van der Waals surface area (Å²) in [5.74, 6) is 0.834. The Morgan fingerprint density at radius 1 is 1.15 bits per heavy atom. The van der Waals surface area contributed by atoms with Gasteiger partial charge < -0.3 is 4.52 Å². The molecule has 1 unspecified atom stereocenters. The molecule has 0 saturated heterocycles. The van der Waals surface area contributed by atoms with Crippen LogP contribution in [-0.2, 0) is 0 Å². The van der Waals surface area contributed by atoms with Crippen LogP contribution in [0.3, 0.4) is 0 Å². The van der Waals surface area contributed by atoms with E-state index in [2.05, 4.69) is 44.3 Å². The van der Waals surface area contributed by atoms with Gasteiger partial charge >= 0.3 is 0 Å². The fraction of sp³-hybridized carbons (Fsp3) is 0.400. The largest absolute Gasteiger partial charge is 0.361 e. The van der Waals surface area contributed by atoms with E-state index in [-0.39, 0.29) is 10.7 Å². The first-order valence-corrected chi connectivity index (χ1v) is 10.4. The van der Waals surface area contributed by atoms with Gasteiger partial charge in [-0.1, -0.05) is 28.7 Å². The first-order chi connectivity index (χ1) is 12.7. The molecule has 6 heteroatoms. The molecule has 26 heavy (non-hydrogen) atoms. The van der Waals surface area contributed by atoms with Crippen LogP contribution in [0.1, 0.15) is 44.1 Å². The molecule has 1 aliphatic carbocycles. The molecule has 1 atom stereocenters. The van der Waals surface area contributed by atoms with Gasteiger partial charge in [0.1, 0.15) is 11.3 Å². The zero-order chi connectivity index (χ0) is 18.1. The van der Waals surface area contributed by atoms with Gasteiger partial charge in [-0.25, -0.2) is 0 Å². The monoisotopic (exact) mass is 368 g/mol. The van der Waals surface area contributed by atoms with Gasteiger partial charge in [-0.2, -0.15) is 0 Å². The summed E-state index contributed by atoms with van der Waals surface area (Å²) in [4.78, 5) is 10.4. The minimum Gasteiger partial charge on any atom is -0.361 e. The van der Waals surface area contributed by atoms with Crippen molar-refractivity contribution in [2.75, 3.05) is 0 Å². The SMILES string of the molecule is C/C=S(/NC1CCCC1)c1cc(-c2c(C)noc2C)cc2nccnc12. The van der Waals surface area contributed by atoms with Crippen molar-refractivity contribution in [1.29, 1.82) is 0 Å². The Morgan fingerprint density at radius 2 is 1.92 bits per heavy atom. The average Bonchev–Trinajstić information content (AvgIpc) is 3.28. The molecule has 136 valence electrons. The topological polar surface area (TPSA) is 63.8 Å². The van der Waals surface area contributed by atoms with Crippen molar-refractivity contribution >= 4 is 27.1 Å². The van der Waals surface area contributed by atoms with E-state index in [0.29, 0.717) is 6.04 Å². The van der Waals surface area contributed by atoms with Gasteiger partial charge in [-0.05, 0) is 56.7 Å². The molecule has 1 N–H and O–H groups in total. The van der Waals surface area contributed by atoms with Crippen LogP contribution in [-0.4, -0.2) is 26.5 Å². The molecule has 3 aromatic rings. The number of benzene rings is 1. The van der Waals surface area contributed by atoms with Crippen molar-refractivity contribution in [3.8, 4) is 11.1 Å². The quantitative estimate of drug-likeness (QED) is 0.670. The lowest BCUT2D eigenvalue weighted by Gasteiger charge is -2.18. The number of rotatable bonds is 4.